The van der Waals surface area contributed by atoms with Crippen molar-refractivity contribution in [3.05, 3.63) is 80.3 Å². The summed E-state index contributed by atoms with van der Waals surface area (Å²) in [6.45, 7) is 0.567. The zero-order valence-corrected chi connectivity index (χ0v) is 21.5. The maximum Gasteiger partial charge on any atom is 0.261 e. The number of benzene rings is 2. The molecule has 1 N–H and O–H groups in total. The molecule has 1 atom stereocenters. The summed E-state index contributed by atoms with van der Waals surface area (Å²) in [5.74, 6) is -1.60. The summed E-state index contributed by atoms with van der Waals surface area (Å²) >= 11 is 12.7. The number of hydrogen-bond donors (Lipinski definition) is 1. The highest BCUT2D eigenvalue weighted by Crippen LogP contribution is 2.43. The van der Waals surface area contributed by atoms with E-state index in [0.29, 0.717) is 0 Å². The Kier molecular flexibility index (Phi) is 6.95. The highest BCUT2D eigenvalue weighted by Gasteiger charge is 2.44. The van der Waals surface area contributed by atoms with Gasteiger partial charge in [-0.05, 0) is 43.5 Å². The predicted molar refractivity (Wildman–Crippen MR) is 138 cm³/mol. The van der Waals surface area contributed by atoms with Crippen LogP contribution in [0.25, 0.3) is 10.9 Å². The van der Waals surface area contributed by atoms with Crippen LogP contribution >= 0.6 is 23.2 Å². The van der Waals surface area contributed by atoms with E-state index in [-0.39, 0.29) is 75.8 Å². The van der Waals surface area contributed by atoms with Gasteiger partial charge in [0.1, 0.15) is 11.3 Å². The van der Waals surface area contributed by atoms with Gasteiger partial charge in [0, 0.05) is 43.6 Å². The third kappa shape index (κ3) is 4.83. The van der Waals surface area contributed by atoms with E-state index in [9.17, 15) is 9.59 Å². The largest absolute Gasteiger partial charge is 0.381 e. The molecule has 2 aromatic carbocycles. The molecule has 7 nitrogen and oxygen atoms in total. The van der Waals surface area contributed by atoms with E-state index in [2.05, 4.69) is 10.3 Å². The Labute approximate surface area is 221 Å². The van der Waals surface area contributed by atoms with Gasteiger partial charge in [-0.3, -0.25) is 14.2 Å². The molecule has 1 aromatic heterocycles. The van der Waals surface area contributed by atoms with Crippen LogP contribution in [0.2, 0.25) is 10.0 Å². The molecule has 3 aromatic rings. The zero-order valence-electron chi connectivity index (χ0n) is 19.9. The van der Waals surface area contributed by atoms with Crippen molar-refractivity contribution >= 4 is 45.7 Å². The van der Waals surface area contributed by atoms with Crippen molar-refractivity contribution in [1.29, 1.82) is 0 Å². The van der Waals surface area contributed by atoms with Gasteiger partial charge in [0.25, 0.3) is 5.56 Å². The molecule has 1 aliphatic heterocycles. The van der Waals surface area contributed by atoms with Crippen molar-refractivity contribution in [2.45, 2.75) is 30.8 Å². The third-order valence-corrected chi connectivity index (χ3v) is 7.59. The predicted octanol–water partition coefficient (Wildman–Crippen LogP) is 5.06. The Bertz CT molecular complexity index is 1470. The Balaban J connectivity index is 1.59. The van der Waals surface area contributed by atoms with Crippen LogP contribution in [0.1, 0.15) is 30.9 Å². The summed E-state index contributed by atoms with van der Waals surface area (Å²) in [5, 5.41) is 3.47. The first-order valence-electron chi connectivity index (χ1n) is 11.8. The summed E-state index contributed by atoms with van der Waals surface area (Å²) in [4.78, 5) is 31.6. The number of hydrogen-bond acceptors (Lipinski definition) is 5. The highest BCUT2D eigenvalue weighted by molar-refractivity contribution is 6.42. The van der Waals surface area contributed by atoms with Crippen LogP contribution in [-0.4, -0.2) is 47.2 Å². The number of anilines is 1. The molecule has 1 saturated carbocycles. The number of methoxy groups -OCH3 is 1. The first-order valence-corrected chi connectivity index (χ1v) is 12.6. The standard InChI is InChI=1S/C26H24Cl2F2N4O3/c1-37-10-2-3-21(35)33-9-8-26(13-33,22-19(29)7-6-18(27)23(22)28)32-15-11-17-24(20(30)12-15)31-14-34(25(17)36)16-4-5-16/h2-3,6-7,11-12,14,16,32H,4-5,8-10,13H2,1H3/b3-2+. The lowest BCUT2D eigenvalue weighted by molar-refractivity contribution is -0.125. The fourth-order valence-corrected chi connectivity index (χ4v) is 5.34. The second-order valence-corrected chi connectivity index (χ2v) is 10.1. The van der Waals surface area contributed by atoms with Crippen molar-refractivity contribution in [3.63, 3.8) is 0 Å². The summed E-state index contributed by atoms with van der Waals surface area (Å²) in [6.07, 6.45) is 6.33. The van der Waals surface area contributed by atoms with Gasteiger partial charge in [0.05, 0.1) is 33.9 Å². The first kappa shape index (κ1) is 25.6. The number of fused-ring (bicyclic) bond motifs is 1. The van der Waals surface area contributed by atoms with Gasteiger partial charge >= 0.3 is 0 Å². The molecule has 0 radical (unpaired) electrons. The van der Waals surface area contributed by atoms with E-state index in [4.69, 9.17) is 27.9 Å². The average Bonchev–Trinajstić information content (AvgIpc) is 3.62. The molecule has 2 fully saturated rings. The van der Waals surface area contributed by atoms with Crippen molar-refractivity contribution in [1.82, 2.24) is 14.5 Å². The van der Waals surface area contributed by atoms with Gasteiger partial charge < -0.3 is 15.0 Å². The molecule has 1 saturated heterocycles. The van der Waals surface area contributed by atoms with E-state index in [1.54, 1.807) is 6.08 Å². The van der Waals surface area contributed by atoms with Crippen molar-refractivity contribution in [2.75, 3.05) is 32.1 Å². The minimum absolute atomic E-state index is 0.00240. The summed E-state index contributed by atoms with van der Waals surface area (Å²) in [5.41, 5.74) is -1.33. The number of halogens is 4. The van der Waals surface area contributed by atoms with Crippen LogP contribution in [0.15, 0.2) is 47.5 Å². The van der Waals surface area contributed by atoms with Crippen LogP contribution in [0.5, 0.6) is 0 Å². The van der Waals surface area contributed by atoms with E-state index < -0.39 is 17.2 Å². The fourth-order valence-electron chi connectivity index (χ4n) is 4.85. The number of carbonyl (C=O) groups is 1. The van der Waals surface area contributed by atoms with Crippen LogP contribution in [0.4, 0.5) is 14.5 Å². The molecular formula is C26H24Cl2F2N4O3. The summed E-state index contributed by atoms with van der Waals surface area (Å²) < 4.78 is 36.9. The molecule has 11 heteroatoms. The molecule has 0 bridgehead atoms. The number of rotatable bonds is 7. The molecular weight excluding hydrogens is 525 g/mol. The number of nitrogens with one attached hydrogen (secondary N) is 1. The molecule has 0 spiro atoms. The number of ether oxygens (including phenoxy) is 1. The normalized spacial score (nSPS) is 19.8. The number of likely N-dealkylation sites (tertiary alicyclic amines) is 1. The van der Waals surface area contributed by atoms with Crippen LogP contribution in [0, 0.1) is 11.6 Å². The molecule has 194 valence electrons. The molecule has 5 rings (SSSR count). The second-order valence-electron chi connectivity index (χ2n) is 9.34. The summed E-state index contributed by atoms with van der Waals surface area (Å²) in [7, 11) is 1.52. The Morgan fingerprint density at radius 3 is 2.78 bits per heavy atom. The van der Waals surface area contributed by atoms with Gasteiger partial charge in [-0.1, -0.05) is 29.3 Å². The SMILES string of the molecule is COC/C=C/C(=O)N1CCC(Nc2cc(F)c3ncn(C4CC4)c(=O)c3c2)(c2c(F)ccc(Cl)c2Cl)C1. The number of amides is 1. The first-order chi connectivity index (χ1) is 17.7. The van der Waals surface area contributed by atoms with Gasteiger partial charge in [0.2, 0.25) is 5.91 Å². The van der Waals surface area contributed by atoms with Crippen molar-refractivity contribution < 1.29 is 18.3 Å². The topological polar surface area (TPSA) is 76.5 Å². The fraction of sp³-hybridized carbons (Fsp3) is 0.346. The number of aromatic nitrogens is 2. The molecule has 2 heterocycles. The Morgan fingerprint density at radius 1 is 1.27 bits per heavy atom. The molecule has 1 aliphatic carbocycles. The van der Waals surface area contributed by atoms with Crippen LogP contribution < -0.4 is 10.9 Å². The van der Waals surface area contributed by atoms with Gasteiger partial charge in [-0.2, -0.15) is 0 Å². The molecule has 2 aliphatic rings. The van der Waals surface area contributed by atoms with E-state index in [1.807, 2.05) is 0 Å². The molecule has 1 amide bonds. The summed E-state index contributed by atoms with van der Waals surface area (Å²) in [6, 6.07) is 5.33. The lowest BCUT2D eigenvalue weighted by Gasteiger charge is -2.33. The van der Waals surface area contributed by atoms with Gasteiger partial charge in [0.15, 0.2) is 5.82 Å². The quantitative estimate of drug-likeness (QED) is 0.330. The lowest BCUT2D eigenvalue weighted by atomic mass is 9.87. The van der Waals surface area contributed by atoms with Crippen molar-refractivity contribution in [2.24, 2.45) is 0 Å². The lowest BCUT2D eigenvalue weighted by Crippen LogP contribution is -2.41. The average molecular weight is 549 g/mol. The smallest absolute Gasteiger partial charge is 0.261 e. The van der Waals surface area contributed by atoms with Crippen LogP contribution in [-0.2, 0) is 15.1 Å². The van der Waals surface area contributed by atoms with Gasteiger partial charge in [-0.25, -0.2) is 13.8 Å². The van der Waals surface area contributed by atoms with E-state index in [0.717, 1.165) is 12.8 Å². The number of nitrogens with zero attached hydrogens (tertiary/aromatic N) is 3. The second kappa shape index (κ2) is 10.0. The molecule has 1 unspecified atom stereocenters. The van der Waals surface area contributed by atoms with Crippen molar-refractivity contribution in [3.8, 4) is 0 Å². The minimum Gasteiger partial charge on any atom is -0.381 e. The van der Waals surface area contributed by atoms with Gasteiger partial charge in [-0.15, -0.1) is 0 Å². The third-order valence-electron chi connectivity index (χ3n) is 6.79. The highest BCUT2D eigenvalue weighted by atomic mass is 35.5. The maximum absolute atomic E-state index is 15.3. The monoisotopic (exact) mass is 548 g/mol. The van der Waals surface area contributed by atoms with Crippen LogP contribution in [0.3, 0.4) is 0 Å². The maximum atomic E-state index is 15.3. The molecule has 37 heavy (non-hydrogen) atoms. The Morgan fingerprint density at radius 2 is 2.05 bits per heavy atom. The van der Waals surface area contributed by atoms with E-state index >= 15 is 8.78 Å². The van der Waals surface area contributed by atoms with E-state index in [1.165, 1.54) is 53.2 Å². The number of carbonyl (C=O) groups excluding carboxylic acids is 1. The minimum atomic E-state index is -1.24. The Hall–Kier alpha value is -3.01. The zero-order chi connectivity index (χ0) is 26.3.